The molecule has 0 spiro atoms. The van der Waals surface area contributed by atoms with Gasteiger partial charge in [0.2, 0.25) is 0 Å². The van der Waals surface area contributed by atoms with E-state index in [1.54, 1.807) is 12.1 Å². The van der Waals surface area contributed by atoms with E-state index in [4.69, 9.17) is 5.84 Å². The minimum Gasteiger partial charge on any atom is -0.394 e. The van der Waals surface area contributed by atoms with Crippen LogP contribution in [0.25, 0.3) is 0 Å². The number of hydrazine groups is 1. The maximum Gasteiger partial charge on any atom is 0.123 e. The number of benzene rings is 1. The van der Waals surface area contributed by atoms with Gasteiger partial charge in [-0.25, -0.2) is 9.82 Å². The van der Waals surface area contributed by atoms with Gasteiger partial charge in [-0.05, 0) is 17.7 Å². The second-order valence-corrected chi connectivity index (χ2v) is 2.98. The van der Waals surface area contributed by atoms with Crippen LogP contribution in [0.4, 0.5) is 4.39 Å². The maximum atomic E-state index is 12.6. The van der Waals surface area contributed by atoms with E-state index in [0.717, 1.165) is 0 Å². The third-order valence-corrected chi connectivity index (χ3v) is 2.21. The summed E-state index contributed by atoms with van der Waals surface area (Å²) in [5, 5.41) is 9.19. The number of hydrogen-bond acceptors (Lipinski definition) is 3. The Bertz CT molecular complexity index is 306. The van der Waals surface area contributed by atoms with E-state index in [9.17, 15) is 9.50 Å². The smallest absolute Gasteiger partial charge is 0.123 e. The van der Waals surface area contributed by atoms with Crippen LogP contribution >= 0.6 is 0 Å². The van der Waals surface area contributed by atoms with Gasteiger partial charge in [0.1, 0.15) is 5.82 Å². The number of aliphatic hydroxyl groups is 1. The van der Waals surface area contributed by atoms with E-state index in [1.807, 2.05) is 0 Å². The number of nitrogens with one attached hydrogen (secondary N) is 1. The number of aliphatic hydroxyl groups excluding tert-OH is 1. The highest BCUT2D eigenvalue weighted by Gasteiger charge is 2.26. The Balaban J connectivity index is 3.11. The fourth-order valence-electron chi connectivity index (χ4n) is 1.21. The quantitative estimate of drug-likeness (QED) is 0.377. The Labute approximate surface area is 82.0 Å². The lowest BCUT2D eigenvalue weighted by Crippen LogP contribution is -2.47. The van der Waals surface area contributed by atoms with Gasteiger partial charge in [-0.15, -0.1) is 6.58 Å². The Morgan fingerprint density at radius 2 is 2.07 bits per heavy atom. The predicted molar refractivity (Wildman–Crippen MR) is 52.7 cm³/mol. The predicted octanol–water partition coefficient (Wildman–Crippen LogP) is 0.663. The Hall–Kier alpha value is -1.23. The molecule has 0 saturated carbocycles. The van der Waals surface area contributed by atoms with E-state index in [-0.39, 0.29) is 12.4 Å². The van der Waals surface area contributed by atoms with Crippen molar-refractivity contribution in [3.05, 3.63) is 48.3 Å². The van der Waals surface area contributed by atoms with Crippen molar-refractivity contribution in [3.63, 3.8) is 0 Å². The summed E-state index contributed by atoms with van der Waals surface area (Å²) in [4.78, 5) is 0. The summed E-state index contributed by atoms with van der Waals surface area (Å²) in [7, 11) is 0. The normalized spacial score (nSPS) is 14.8. The van der Waals surface area contributed by atoms with Gasteiger partial charge in [-0.3, -0.25) is 5.84 Å². The van der Waals surface area contributed by atoms with Crippen LogP contribution in [0.2, 0.25) is 0 Å². The summed E-state index contributed by atoms with van der Waals surface area (Å²) < 4.78 is 12.6. The molecular weight excluding hydrogens is 183 g/mol. The first-order valence-electron chi connectivity index (χ1n) is 4.17. The van der Waals surface area contributed by atoms with Crippen LogP contribution < -0.4 is 11.3 Å². The molecule has 0 bridgehead atoms. The van der Waals surface area contributed by atoms with E-state index in [2.05, 4.69) is 12.0 Å². The molecule has 0 saturated heterocycles. The summed E-state index contributed by atoms with van der Waals surface area (Å²) in [5.41, 5.74) is 2.22. The van der Waals surface area contributed by atoms with E-state index >= 15 is 0 Å². The molecular formula is C10H13FN2O. The minimum atomic E-state index is -0.909. The molecule has 4 N–H and O–H groups in total. The average molecular weight is 196 g/mol. The largest absolute Gasteiger partial charge is 0.394 e. The first kappa shape index (κ1) is 10.8. The average Bonchev–Trinajstić information content (AvgIpc) is 2.24. The van der Waals surface area contributed by atoms with Crippen molar-refractivity contribution in [1.29, 1.82) is 0 Å². The number of nitrogens with two attached hydrogens (primary N) is 1. The Morgan fingerprint density at radius 1 is 1.50 bits per heavy atom. The maximum absolute atomic E-state index is 12.6. The zero-order chi connectivity index (χ0) is 10.6. The van der Waals surface area contributed by atoms with Gasteiger partial charge in [0.15, 0.2) is 0 Å². The molecule has 0 aromatic heterocycles. The Morgan fingerprint density at radius 3 is 2.43 bits per heavy atom. The van der Waals surface area contributed by atoms with Crippen molar-refractivity contribution in [1.82, 2.24) is 5.43 Å². The lowest BCUT2D eigenvalue weighted by atomic mass is 9.92. The standard InChI is InChI=1S/C10H13FN2O/c1-2-10(7-14,13-12)8-3-5-9(11)6-4-8/h2-6,13-14H,1,7,12H2. The number of hydrogen-bond donors (Lipinski definition) is 3. The summed E-state index contributed by atoms with van der Waals surface area (Å²) in [6.45, 7) is 3.34. The van der Waals surface area contributed by atoms with Gasteiger partial charge in [-0.2, -0.15) is 0 Å². The van der Waals surface area contributed by atoms with Gasteiger partial charge >= 0.3 is 0 Å². The van der Waals surface area contributed by atoms with Crippen molar-refractivity contribution in [2.45, 2.75) is 5.54 Å². The fourth-order valence-corrected chi connectivity index (χ4v) is 1.21. The van der Waals surface area contributed by atoms with Crippen molar-refractivity contribution in [3.8, 4) is 0 Å². The molecule has 1 aromatic rings. The second-order valence-electron chi connectivity index (χ2n) is 2.98. The molecule has 1 unspecified atom stereocenters. The van der Waals surface area contributed by atoms with Gasteiger partial charge in [0.25, 0.3) is 0 Å². The van der Waals surface area contributed by atoms with Crippen LogP contribution in [0, 0.1) is 5.82 Å². The van der Waals surface area contributed by atoms with Crippen molar-refractivity contribution in [2.75, 3.05) is 6.61 Å². The number of halogens is 1. The van der Waals surface area contributed by atoms with Crippen LogP contribution in [-0.2, 0) is 5.54 Å². The molecule has 1 rings (SSSR count). The fraction of sp³-hybridized carbons (Fsp3) is 0.200. The molecule has 76 valence electrons. The molecule has 0 fully saturated rings. The van der Waals surface area contributed by atoms with E-state index < -0.39 is 5.54 Å². The van der Waals surface area contributed by atoms with Gasteiger partial charge in [-0.1, -0.05) is 18.2 Å². The minimum absolute atomic E-state index is 0.237. The topological polar surface area (TPSA) is 58.3 Å². The lowest BCUT2D eigenvalue weighted by molar-refractivity contribution is 0.198. The first-order valence-corrected chi connectivity index (χ1v) is 4.17. The first-order chi connectivity index (χ1) is 6.68. The van der Waals surface area contributed by atoms with Crippen molar-refractivity contribution in [2.24, 2.45) is 5.84 Å². The van der Waals surface area contributed by atoms with Crippen molar-refractivity contribution >= 4 is 0 Å². The lowest BCUT2D eigenvalue weighted by Gasteiger charge is -2.27. The van der Waals surface area contributed by atoms with Gasteiger partial charge in [0, 0.05) is 0 Å². The second kappa shape index (κ2) is 4.32. The molecule has 14 heavy (non-hydrogen) atoms. The summed E-state index contributed by atoms with van der Waals surface area (Å²) in [5.74, 6) is 4.99. The van der Waals surface area contributed by atoms with Gasteiger partial charge in [0.05, 0.1) is 12.1 Å². The highest BCUT2D eigenvalue weighted by molar-refractivity contribution is 5.29. The monoisotopic (exact) mass is 196 g/mol. The highest BCUT2D eigenvalue weighted by Crippen LogP contribution is 2.21. The molecule has 3 nitrogen and oxygen atoms in total. The zero-order valence-corrected chi connectivity index (χ0v) is 7.70. The SMILES string of the molecule is C=CC(CO)(NN)c1ccc(F)cc1. The Kier molecular flexibility index (Phi) is 3.35. The van der Waals surface area contributed by atoms with Crippen LogP contribution in [0.1, 0.15) is 5.56 Å². The molecule has 0 aliphatic carbocycles. The van der Waals surface area contributed by atoms with Crippen LogP contribution in [0.5, 0.6) is 0 Å². The third-order valence-electron chi connectivity index (χ3n) is 2.21. The molecule has 1 atom stereocenters. The number of rotatable bonds is 4. The van der Waals surface area contributed by atoms with Gasteiger partial charge < -0.3 is 5.11 Å². The molecule has 0 aliphatic heterocycles. The molecule has 0 amide bonds. The van der Waals surface area contributed by atoms with Crippen LogP contribution in [0.15, 0.2) is 36.9 Å². The summed E-state index contributed by atoms with van der Waals surface area (Å²) in [6, 6.07) is 5.71. The molecule has 1 aromatic carbocycles. The van der Waals surface area contributed by atoms with Crippen LogP contribution in [0.3, 0.4) is 0 Å². The molecule has 4 heteroatoms. The van der Waals surface area contributed by atoms with Crippen molar-refractivity contribution < 1.29 is 9.50 Å². The molecule has 0 radical (unpaired) electrons. The zero-order valence-electron chi connectivity index (χ0n) is 7.70. The van der Waals surface area contributed by atoms with E-state index in [1.165, 1.54) is 18.2 Å². The molecule has 0 aliphatic rings. The summed E-state index contributed by atoms with van der Waals surface area (Å²) in [6.07, 6.45) is 1.49. The highest BCUT2D eigenvalue weighted by atomic mass is 19.1. The summed E-state index contributed by atoms with van der Waals surface area (Å²) >= 11 is 0. The van der Waals surface area contributed by atoms with E-state index in [0.29, 0.717) is 5.56 Å². The van der Waals surface area contributed by atoms with Crippen LogP contribution in [-0.4, -0.2) is 11.7 Å². The molecule has 0 heterocycles. The third kappa shape index (κ3) is 1.82.